The highest BCUT2D eigenvalue weighted by molar-refractivity contribution is 5.87. The van der Waals surface area contributed by atoms with E-state index in [0.717, 1.165) is 11.3 Å². The molecule has 7 heteroatoms. The number of aryl methyl sites for hydroxylation is 1. The van der Waals surface area contributed by atoms with Gasteiger partial charge >= 0.3 is 6.61 Å². The van der Waals surface area contributed by atoms with Gasteiger partial charge in [0, 0.05) is 29.3 Å². The molecule has 4 aromatic rings. The first-order valence-corrected chi connectivity index (χ1v) is 10.7. The number of fused-ring (bicyclic) bond motifs is 1. The molecule has 0 aliphatic heterocycles. The van der Waals surface area contributed by atoms with Crippen LogP contribution in [0.15, 0.2) is 54.9 Å². The lowest BCUT2D eigenvalue weighted by Gasteiger charge is -2.17. The second-order valence-electron chi connectivity index (χ2n) is 8.07. The summed E-state index contributed by atoms with van der Waals surface area (Å²) in [6.45, 7) is -1.15. The normalized spacial score (nSPS) is 13.8. The van der Waals surface area contributed by atoms with Crippen LogP contribution in [0, 0.1) is 5.82 Å². The smallest absolute Gasteiger partial charge is 0.387 e. The molecule has 0 spiro atoms. The Morgan fingerprint density at radius 3 is 2.59 bits per heavy atom. The number of halogens is 3. The Balaban J connectivity index is 1.51. The van der Waals surface area contributed by atoms with Gasteiger partial charge in [0.2, 0.25) is 0 Å². The third-order valence-electron chi connectivity index (χ3n) is 5.88. The summed E-state index contributed by atoms with van der Waals surface area (Å²) in [5, 5.41) is 4.69. The topological polar surface area (TPSA) is 39.9 Å². The minimum absolute atomic E-state index is 0.00780. The van der Waals surface area contributed by atoms with E-state index >= 15 is 0 Å². The molecule has 0 atom stereocenters. The van der Waals surface area contributed by atoms with Crippen molar-refractivity contribution in [2.24, 2.45) is 0 Å². The van der Waals surface area contributed by atoms with Crippen LogP contribution in [-0.4, -0.2) is 21.4 Å². The van der Waals surface area contributed by atoms with Gasteiger partial charge in [0.1, 0.15) is 17.1 Å². The molecular formula is C25H22F3N3O. The van der Waals surface area contributed by atoms with Gasteiger partial charge in [0.25, 0.3) is 0 Å². The average Bonchev–Trinajstić information content (AvgIpc) is 3.52. The summed E-state index contributed by atoms with van der Waals surface area (Å²) in [4.78, 5) is 4.43. The first-order chi connectivity index (χ1) is 15.5. The van der Waals surface area contributed by atoms with Crippen LogP contribution in [0.4, 0.5) is 13.2 Å². The lowest BCUT2D eigenvalue weighted by Crippen LogP contribution is -2.09. The van der Waals surface area contributed by atoms with E-state index in [4.69, 9.17) is 4.74 Å². The molecular weight excluding hydrogens is 415 g/mol. The Kier molecular flexibility index (Phi) is 5.33. The molecule has 1 aliphatic carbocycles. The van der Waals surface area contributed by atoms with Crippen LogP contribution in [0.5, 0.6) is 5.75 Å². The van der Waals surface area contributed by atoms with Gasteiger partial charge in [-0.15, -0.1) is 0 Å². The second-order valence-corrected chi connectivity index (χ2v) is 8.07. The number of benzene rings is 2. The van der Waals surface area contributed by atoms with Crippen molar-refractivity contribution in [2.75, 3.05) is 0 Å². The fourth-order valence-electron chi connectivity index (χ4n) is 4.08. The monoisotopic (exact) mass is 437 g/mol. The van der Waals surface area contributed by atoms with Crippen LogP contribution < -0.4 is 4.74 Å². The van der Waals surface area contributed by atoms with Crippen molar-refractivity contribution in [3.05, 3.63) is 83.1 Å². The molecule has 0 unspecified atom stereocenters. The van der Waals surface area contributed by atoms with E-state index in [2.05, 4.69) is 16.3 Å². The Hall–Kier alpha value is -3.35. The number of hydrogen-bond donors (Lipinski definition) is 0. The average molecular weight is 437 g/mol. The maximum Gasteiger partial charge on any atom is 0.387 e. The minimum atomic E-state index is -3.02. The lowest BCUT2D eigenvalue weighted by molar-refractivity contribution is -0.0494. The summed E-state index contributed by atoms with van der Waals surface area (Å²) in [6.07, 6.45) is 7.21. The molecule has 4 nitrogen and oxygen atoms in total. The van der Waals surface area contributed by atoms with Crippen molar-refractivity contribution in [2.45, 2.75) is 45.1 Å². The van der Waals surface area contributed by atoms with Crippen LogP contribution in [-0.2, 0) is 12.8 Å². The van der Waals surface area contributed by atoms with Gasteiger partial charge < -0.3 is 4.74 Å². The molecule has 32 heavy (non-hydrogen) atoms. The van der Waals surface area contributed by atoms with Crippen LogP contribution in [0.2, 0.25) is 0 Å². The van der Waals surface area contributed by atoms with Crippen molar-refractivity contribution < 1.29 is 17.9 Å². The second kappa shape index (κ2) is 8.30. The number of nitrogens with zero attached hydrogens (tertiary/aromatic N) is 3. The highest BCUT2D eigenvalue weighted by Gasteiger charge is 2.25. The van der Waals surface area contributed by atoms with Gasteiger partial charge in [-0.2, -0.15) is 13.9 Å². The molecule has 1 saturated carbocycles. The number of alkyl halides is 2. The van der Waals surface area contributed by atoms with E-state index in [1.807, 2.05) is 42.1 Å². The van der Waals surface area contributed by atoms with E-state index in [1.54, 1.807) is 6.07 Å². The third-order valence-corrected chi connectivity index (χ3v) is 5.88. The molecule has 1 aliphatic rings. The first kappa shape index (κ1) is 20.5. The van der Waals surface area contributed by atoms with Gasteiger partial charge in [-0.05, 0) is 60.6 Å². The molecule has 0 radical (unpaired) electrons. The standard InChI is InChI=1S/C25H22F3N3O/c1-2-22-20(24(32-25(27)28)19-4-3-5-21(26)23(19)30-22)12-15-6-10-18(11-7-15)31-14-17(13-29-31)16-8-9-16/h3-7,10-11,13-14,16,25H,2,8-9,12H2,1H3. The highest BCUT2D eigenvalue weighted by atomic mass is 19.3. The highest BCUT2D eigenvalue weighted by Crippen LogP contribution is 2.40. The number of pyridine rings is 1. The zero-order valence-electron chi connectivity index (χ0n) is 17.6. The van der Waals surface area contributed by atoms with Gasteiger partial charge in [0.05, 0.1) is 11.9 Å². The molecule has 2 aromatic heterocycles. The van der Waals surface area contributed by atoms with Crippen LogP contribution in [0.25, 0.3) is 16.6 Å². The van der Waals surface area contributed by atoms with E-state index in [1.165, 1.54) is 30.5 Å². The van der Waals surface area contributed by atoms with Gasteiger partial charge in [0.15, 0.2) is 0 Å². The SMILES string of the molecule is CCc1nc2c(F)cccc2c(OC(F)F)c1Cc1ccc(-n2cc(C3CC3)cn2)cc1. The largest absolute Gasteiger partial charge is 0.434 e. The Morgan fingerprint density at radius 2 is 1.91 bits per heavy atom. The number of aromatic nitrogens is 3. The van der Waals surface area contributed by atoms with Crippen molar-refractivity contribution in [3.63, 3.8) is 0 Å². The lowest BCUT2D eigenvalue weighted by atomic mass is 9.98. The maximum absolute atomic E-state index is 14.3. The molecule has 1 fully saturated rings. The van der Waals surface area contributed by atoms with Crippen LogP contribution in [0.3, 0.4) is 0 Å². The zero-order valence-corrected chi connectivity index (χ0v) is 17.6. The minimum Gasteiger partial charge on any atom is -0.434 e. The molecule has 5 rings (SSSR count). The fraction of sp³-hybridized carbons (Fsp3) is 0.280. The molecule has 0 N–H and O–H groups in total. The van der Waals surface area contributed by atoms with Crippen molar-refractivity contribution in [1.29, 1.82) is 0 Å². The summed E-state index contributed by atoms with van der Waals surface area (Å²) >= 11 is 0. The van der Waals surface area contributed by atoms with Crippen molar-refractivity contribution in [1.82, 2.24) is 14.8 Å². The number of rotatable bonds is 7. The molecule has 164 valence electrons. The van der Waals surface area contributed by atoms with Crippen LogP contribution in [0.1, 0.15) is 48.1 Å². The van der Waals surface area contributed by atoms with Gasteiger partial charge in [-0.25, -0.2) is 14.1 Å². The number of hydrogen-bond acceptors (Lipinski definition) is 3. The molecule has 2 heterocycles. The Morgan fingerprint density at radius 1 is 1.12 bits per heavy atom. The van der Waals surface area contributed by atoms with Gasteiger partial charge in [-0.1, -0.05) is 25.1 Å². The summed E-state index contributed by atoms with van der Waals surface area (Å²) in [7, 11) is 0. The third kappa shape index (κ3) is 3.95. The summed E-state index contributed by atoms with van der Waals surface area (Å²) in [5.74, 6) is 0.0672. The van der Waals surface area contributed by atoms with Crippen LogP contribution >= 0.6 is 0 Å². The summed E-state index contributed by atoms with van der Waals surface area (Å²) in [6, 6.07) is 12.1. The fourth-order valence-corrected chi connectivity index (χ4v) is 4.08. The van der Waals surface area contributed by atoms with E-state index in [-0.39, 0.29) is 16.7 Å². The summed E-state index contributed by atoms with van der Waals surface area (Å²) in [5.41, 5.74) is 4.24. The number of para-hydroxylation sites is 1. The zero-order chi connectivity index (χ0) is 22.2. The predicted molar refractivity (Wildman–Crippen MR) is 116 cm³/mol. The Labute approximate surface area is 183 Å². The van der Waals surface area contributed by atoms with E-state index in [9.17, 15) is 13.2 Å². The summed E-state index contributed by atoms with van der Waals surface area (Å²) < 4.78 is 47.6. The van der Waals surface area contributed by atoms with Crippen molar-refractivity contribution in [3.8, 4) is 11.4 Å². The van der Waals surface area contributed by atoms with Gasteiger partial charge in [-0.3, -0.25) is 0 Å². The van der Waals surface area contributed by atoms with E-state index in [0.29, 0.717) is 30.0 Å². The first-order valence-electron chi connectivity index (χ1n) is 10.7. The number of ether oxygens (including phenoxy) is 1. The predicted octanol–water partition coefficient (Wildman–Crippen LogP) is 6.19. The molecule has 0 bridgehead atoms. The molecule has 0 amide bonds. The Bertz CT molecular complexity index is 1260. The quantitative estimate of drug-likeness (QED) is 0.346. The molecule has 0 saturated heterocycles. The van der Waals surface area contributed by atoms with E-state index < -0.39 is 12.4 Å². The van der Waals surface area contributed by atoms with Crippen molar-refractivity contribution >= 4 is 10.9 Å². The molecule has 2 aromatic carbocycles. The maximum atomic E-state index is 14.3.